The maximum absolute atomic E-state index is 13.5. The van der Waals surface area contributed by atoms with E-state index in [0.29, 0.717) is 12.8 Å². The van der Waals surface area contributed by atoms with Crippen LogP contribution in [0.25, 0.3) is 0 Å². The molecule has 1 saturated heterocycles. The molecule has 0 bridgehead atoms. The predicted octanol–water partition coefficient (Wildman–Crippen LogP) is 4.01. The van der Waals surface area contributed by atoms with Gasteiger partial charge in [0.1, 0.15) is 0 Å². The molecule has 4 atom stereocenters. The first-order valence-electron chi connectivity index (χ1n) is 13.1. The fourth-order valence-corrected chi connectivity index (χ4v) is 6.50. The van der Waals surface area contributed by atoms with Crippen LogP contribution < -0.4 is 9.20 Å². The van der Waals surface area contributed by atoms with Gasteiger partial charge in [-0.2, -0.15) is 0 Å². The van der Waals surface area contributed by atoms with Crippen LogP contribution in [0, 0.1) is 5.92 Å². The van der Waals surface area contributed by atoms with Crippen LogP contribution in [0.3, 0.4) is 0 Å². The second-order valence-corrected chi connectivity index (χ2v) is 12.0. The van der Waals surface area contributed by atoms with Crippen molar-refractivity contribution < 1.29 is 28.9 Å². The molecule has 2 amide bonds. The van der Waals surface area contributed by atoms with Crippen molar-refractivity contribution in [3.05, 3.63) is 96.1 Å². The number of imide groups is 1. The summed E-state index contributed by atoms with van der Waals surface area (Å²) in [4.78, 5) is 27.3. The van der Waals surface area contributed by atoms with Gasteiger partial charge in [-0.3, -0.25) is 0 Å². The Morgan fingerprint density at radius 1 is 1.03 bits per heavy atom. The first kappa shape index (κ1) is 28.8. The quantitative estimate of drug-likeness (QED) is 0.301. The summed E-state index contributed by atoms with van der Waals surface area (Å²) in [5, 5.41) is 12.2. The Bertz CT molecular complexity index is 1190. The molecule has 1 N–H and O–H groups in total. The molecule has 1 aliphatic heterocycles. The fraction of sp³-hybridized carbons (Fsp3) is 0.355. The third-order valence-corrected chi connectivity index (χ3v) is 9.03. The molecule has 0 spiro atoms. The predicted molar refractivity (Wildman–Crippen MR) is 150 cm³/mol. The molecular weight excluding hydrogens is 561 g/mol. The van der Waals surface area contributed by atoms with E-state index in [4.69, 9.17) is 14.2 Å². The number of ether oxygens (including phenoxy) is 3. The van der Waals surface area contributed by atoms with Gasteiger partial charge in [-0.05, 0) is 0 Å². The van der Waals surface area contributed by atoms with Gasteiger partial charge in [0.2, 0.25) is 0 Å². The zero-order chi connectivity index (χ0) is 27.6. The monoisotopic (exact) mass is 597 g/mol. The first-order valence-corrected chi connectivity index (χ1v) is 15.2. The second-order valence-electron chi connectivity index (χ2n) is 9.56. The Morgan fingerprint density at radius 3 is 2.36 bits per heavy atom. The van der Waals surface area contributed by atoms with Crippen LogP contribution in [0.2, 0.25) is 5.32 Å². The molecule has 1 heterocycles. The summed E-state index contributed by atoms with van der Waals surface area (Å²) < 4.78 is 18.0. The minimum absolute atomic E-state index is 0.138. The Morgan fingerprint density at radius 2 is 1.69 bits per heavy atom. The van der Waals surface area contributed by atoms with E-state index < -0.39 is 36.2 Å². The number of benzene rings is 3. The molecule has 0 saturated carbocycles. The molecule has 39 heavy (non-hydrogen) atoms. The Hall–Kier alpha value is -3.16. The summed E-state index contributed by atoms with van der Waals surface area (Å²) >= 11 is 0.204. The van der Waals surface area contributed by atoms with E-state index in [1.807, 2.05) is 72.8 Å². The van der Waals surface area contributed by atoms with Gasteiger partial charge < -0.3 is 0 Å². The topological polar surface area (TPSA) is 85.3 Å². The fourth-order valence-electron chi connectivity index (χ4n) is 4.54. The second kappa shape index (κ2) is 14.3. The SMILES string of the molecule is COc1ccc(CO[C@H](CC[Se]c2ccccc2)[C@H](O)[C@@H](C)C(=O)N2C(=O)OC[C@H]2Cc2ccccc2)cc1. The van der Waals surface area contributed by atoms with Gasteiger partial charge in [-0.1, -0.05) is 6.07 Å². The molecule has 206 valence electrons. The molecule has 0 radical (unpaired) electrons. The average Bonchev–Trinajstić information content (AvgIpc) is 3.34. The number of hydrogen-bond acceptors (Lipinski definition) is 6. The van der Waals surface area contributed by atoms with Gasteiger partial charge in [-0.25, -0.2) is 0 Å². The summed E-state index contributed by atoms with van der Waals surface area (Å²) in [5.74, 6) is -0.542. The average molecular weight is 597 g/mol. The van der Waals surface area contributed by atoms with E-state index in [2.05, 4.69) is 12.1 Å². The molecular formula is C31H35NO6Se. The molecule has 0 aliphatic carbocycles. The van der Waals surface area contributed by atoms with Crippen molar-refractivity contribution in [2.45, 2.75) is 49.9 Å². The Labute approximate surface area is 236 Å². The molecule has 0 aromatic heterocycles. The van der Waals surface area contributed by atoms with Crippen LogP contribution in [0.1, 0.15) is 24.5 Å². The van der Waals surface area contributed by atoms with Crippen molar-refractivity contribution in [2.75, 3.05) is 13.7 Å². The number of carbonyl (C=O) groups excluding carboxylic acids is 2. The molecule has 4 rings (SSSR count). The van der Waals surface area contributed by atoms with E-state index in [1.165, 1.54) is 9.36 Å². The molecule has 0 unspecified atom stereocenters. The maximum atomic E-state index is 13.5. The van der Waals surface area contributed by atoms with Gasteiger partial charge in [0.25, 0.3) is 0 Å². The third kappa shape index (κ3) is 7.93. The van der Waals surface area contributed by atoms with Crippen LogP contribution in [0.4, 0.5) is 4.79 Å². The van der Waals surface area contributed by atoms with Crippen molar-refractivity contribution in [1.29, 1.82) is 0 Å². The van der Waals surface area contributed by atoms with Crippen molar-refractivity contribution in [2.24, 2.45) is 5.92 Å². The summed E-state index contributed by atoms with van der Waals surface area (Å²) in [6.45, 7) is 2.08. The van der Waals surface area contributed by atoms with Crippen LogP contribution in [-0.2, 0) is 27.3 Å². The van der Waals surface area contributed by atoms with Gasteiger partial charge in [0.05, 0.1) is 0 Å². The number of aliphatic hydroxyl groups excluding tert-OH is 1. The zero-order valence-electron chi connectivity index (χ0n) is 22.3. The molecule has 7 nitrogen and oxygen atoms in total. The number of amides is 2. The van der Waals surface area contributed by atoms with E-state index in [0.717, 1.165) is 22.2 Å². The van der Waals surface area contributed by atoms with Gasteiger partial charge in [0.15, 0.2) is 0 Å². The van der Waals surface area contributed by atoms with Crippen LogP contribution in [0.15, 0.2) is 84.9 Å². The van der Waals surface area contributed by atoms with Crippen LogP contribution in [-0.4, -0.2) is 68.9 Å². The number of carbonyl (C=O) groups is 2. The molecule has 1 fully saturated rings. The molecule has 8 heteroatoms. The summed E-state index contributed by atoms with van der Waals surface area (Å²) in [6.07, 6.45) is -1.25. The van der Waals surface area contributed by atoms with Crippen molar-refractivity contribution in [3.63, 3.8) is 0 Å². The standard InChI is InChI=1S/C31H35NO6Se/c1-22(30(34)32-25(21-38-31(32)35)19-23-9-5-3-6-10-23)29(33)28(17-18-39-27-11-7-4-8-12-27)37-20-24-13-15-26(36-2)16-14-24/h3-16,22,25,28-29,33H,17-21H2,1-2H3/t22-,25-,28-,29-/m1/s1. The van der Waals surface area contributed by atoms with Crippen molar-refractivity contribution in [1.82, 2.24) is 4.90 Å². The zero-order valence-corrected chi connectivity index (χ0v) is 24.0. The summed E-state index contributed by atoms with van der Waals surface area (Å²) in [7, 11) is 1.62. The first-order chi connectivity index (χ1) is 19.0. The van der Waals surface area contributed by atoms with Gasteiger partial charge >= 0.3 is 231 Å². The molecule has 3 aromatic carbocycles. The number of nitrogens with zero attached hydrogens (tertiary/aromatic N) is 1. The molecule has 1 aliphatic rings. The van der Waals surface area contributed by atoms with E-state index >= 15 is 0 Å². The van der Waals surface area contributed by atoms with Gasteiger partial charge in [0, 0.05) is 0 Å². The third-order valence-electron chi connectivity index (χ3n) is 6.83. The minimum atomic E-state index is -1.09. The van der Waals surface area contributed by atoms with Crippen molar-refractivity contribution in [3.8, 4) is 5.75 Å². The van der Waals surface area contributed by atoms with Crippen LogP contribution in [0.5, 0.6) is 5.75 Å². The summed E-state index contributed by atoms with van der Waals surface area (Å²) in [6, 6.07) is 27.1. The number of hydrogen-bond donors (Lipinski definition) is 1. The summed E-state index contributed by atoms with van der Waals surface area (Å²) in [5.41, 5.74) is 1.95. The number of cyclic esters (lactones) is 1. The Balaban J connectivity index is 1.44. The van der Waals surface area contributed by atoms with E-state index in [1.54, 1.807) is 14.0 Å². The molecule has 3 aromatic rings. The number of rotatable bonds is 13. The van der Waals surface area contributed by atoms with Crippen molar-refractivity contribution >= 4 is 31.4 Å². The number of aliphatic hydroxyl groups is 1. The number of methoxy groups -OCH3 is 1. The van der Waals surface area contributed by atoms with E-state index in [-0.39, 0.29) is 28.2 Å². The van der Waals surface area contributed by atoms with E-state index in [9.17, 15) is 14.7 Å². The Kier molecular flexibility index (Phi) is 10.6. The van der Waals surface area contributed by atoms with Gasteiger partial charge in [-0.15, -0.1) is 0 Å². The normalized spacial score (nSPS) is 17.4. The van der Waals surface area contributed by atoms with Crippen LogP contribution >= 0.6 is 0 Å².